The molecule has 2 N–H and O–H groups in total. The van der Waals surface area contributed by atoms with Crippen molar-refractivity contribution in [2.24, 2.45) is 5.73 Å². The molecule has 0 unspecified atom stereocenters. The van der Waals surface area contributed by atoms with E-state index in [1.165, 1.54) is 0 Å². The third kappa shape index (κ3) is 3.40. The molecule has 0 bridgehead atoms. The van der Waals surface area contributed by atoms with Gasteiger partial charge in [0.2, 0.25) is 6.10 Å². The van der Waals surface area contributed by atoms with Crippen LogP contribution < -0.4 is 10.5 Å². The van der Waals surface area contributed by atoms with Gasteiger partial charge in [0.25, 0.3) is 11.8 Å². The van der Waals surface area contributed by atoms with Crippen molar-refractivity contribution in [1.29, 1.82) is 0 Å². The summed E-state index contributed by atoms with van der Waals surface area (Å²) in [5.74, 6) is -0.338. The average Bonchev–Trinajstić information content (AvgIpc) is 3.15. The molecule has 124 valence electrons. The average molecular weight is 324 g/mol. The fraction of sp³-hybridized carbons (Fsp3) is 0.263. The second-order valence-corrected chi connectivity index (χ2v) is 5.80. The standard InChI is InChI=1S/C19H20N2O3/c20-18(22)15-10-4-5-11-16(15)24-17(14-8-2-1-3-9-14)19(23)21-12-6-7-13-21/h1-5,8-11,17H,6-7,12-13H2,(H2,20,22)/t17-/m1/s1. The molecule has 0 radical (unpaired) electrons. The van der Waals surface area contributed by atoms with Crippen LogP contribution >= 0.6 is 0 Å². The van der Waals surface area contributed by atoms with Gasteiger partial charge in [0.15, 0.2) is 0 Å². The summed E-state index contributed by atoms with van der Waals surface area (Å²) in [6, 6.07) is 16.0. The maximum absolute atomic E-state index is 12.9. The minimum atomic E-state index is -0.787. The highest BCUT2D eigenvalue weighted by Gasteiger charge is 2.30. The Kier molecular flexibility index (Phi) is 4.79. The van der Waals surface area contributed by atoms with E-state index in [4.69, 9.17) is 10.5 Å². The van der Waals surface area contributed by atoms with Crippen LogP contribution in [-0.2, 0) is 4.79 Å². The minimum Gasteiger partial charge on any atom is -0.475 e. The lowest BCUT2D eigenvalue weighted by atomic mass is 10.1. The first kappa shape index (κ1) is 16.1. The van der Waals surface area contributed by atoms with E-state index in [2.05, 4.69) is 0 Å². The molecule has 0 saturated carbocycles. The lowest BCUT2D eigenvalue weighted by Gasteiger charge is -2.25. The first-order chi connectivity index (χ1) is 11.7. The van der Waals surface area contributed by atoms with Gasteiger partial charge in [0, 0.05) is 18.7 Å². The second-order valence-electron chi connectivity index (χ2n) is 5.80. The number of carbonyl (C=O) groups excluding carboxylic acids is 2. The van der Waals surface area contributed by atoms with Crippen molar-refractivity contribution >= 4 is 11.8 Å². The smallest absolute Gasteiger partial charge is 0.268 e. The zero-order valence-corrected chi connectivity index (χ0v) is 13.4. The first-order valence-electron chi connectivity index (χ1n) is 8.06. The molecule has 0 aliphatic carbocycles. The predicted octanol–water partition coefficient (Wildman–Crippen LogP) is 2.53. The van der Waals surface area contributed by atoms with E-state index in [1.54, 1.807) is 24.3 Å². The lowest BCUT2D eigenvalue weighted by Crippen LogP contribution is -2.35. The molecule has 1 heterocycles. The highest BCUT2D eigenvalue weighted by Crippen LogP contribution is 2.28. The minimum absolute atomic E-state index is 0.0852. The summed E-state index contributed by atoms with van der Waals surface area (Å²) in [6.07, 6.45) is 1.22. The normalized spacial score (nSPS) is 15.1. The Labute approximate surface area is 141 Å². The number of hydrogen-bond acceptors (Lipinski definition) is 3. The van der Waals surface area contributed by atoms with Crippen LogP contribution in [0.2, 0.25) is 0 Å². The Hall–Kier alpha value is -2.82. The fourth-order valence-corrected chi connectivity index (χ4v) is 2.89. The molecule has 1 aliphatic heterocycles. The largest absolute Gasteiger partial charge is 0.475 e. The Morgan fingerprint density at radius 1 is 0.958 bits per heavy atom. The van der Waals surface area contributed by atoms with E-state index in [-0.39, 0.29) is 11.5 Å². The van der Waals surface area contributed by atoms with E-state index >= 15 is 0 Å². The molecular formula is C19H20N2O3. The summed E-state index contributed by atoms with van der Waals surface area (Å²) in [4.78, 5) is 26.3. The van der Waals surface area contributed by atoms with Gasteiger partial charge in [0.1, 0.15) is 5.75 Å². The van der Waals surface area contributed by atoms with Crippen LogP contribution in [0.4, 0.5) is 0 Å². The highest BCUT2D eigenvalue weighted by atomic mass is 16.5. The summed E-state index contributed by atoms with van der Waals surface area (Å²) in [6.45, 7) is 1.48. The molecule has 2 aromatic carbocycles. The first-order valence-corrected chi connectivity index (χ1v) is 8.06. The number of ether oxygens (including phenoxy) is 1. The topological polar surface area (TPSA) is 72.6 Å². The Morgan fingerprint density at radius 3 is 2.25 bits per heavy atom. The maximum Gasteiger partial charge on any atom is 0.268 e. The van der Waals surface area contributed by atoms with Crippen LogP contribution in [-0.4, -0.2) is 29.8 Å². The van der Waals surface area contributed by atoms with Crippen LogP contribution in [0, 0.1) is 0 Å². The molecule has 0 spiro atoms. The van der Waals surface area contributed by atoms with Gasteiger partial charge in [-0.05, 0) is 25.0 Å². The van der Waals surface area contributed by atoms with Crippen LogP contribution in [0.25, 0.3) is 0 Å². The molecule has 5 nitrogen and oxygen atoms in total. The number of rotatable bonds is 5. The van der Waals surface area contributed by atoms with Gasteiger partial charge in [0.05, 0.1) is 5.56 Å². The molecule has 3 rings (SSSR count). The van der Waals surface area contributed by atoms with E-state index in [0.29, 0.717) is 5.75 Å². The number of benzene rings is 2. The third-order valence-corrected chi connectivity index (χ3v) is 4.14. The van der Waals surface area contributed by atoms with E-state index in [9.17, 15) is 9.59 Å². The summed E-state index contributed by atoms with van der Waals surface area (Å²) in [7, 11) is 0. The van der Waals surface area contributed by atoms with Gasteiger partial charge in [-0.3, -0.25) is 9.59 Å². The Morgan fingerprint density at radius 2 is 1.58 bits per heavy atom. The van der Waals surface area contributed by atoms with Crippen molar-refractivity contribution in [3.63, 3.8) is 0 Å². The van der Waals surface area contributed by atoms with Crippen molar-refractivity contribution < 1.29 is 14.3 Å². The molecular weight excluding hydrogens is 304 g/mol. The fourth-order valence-electron chi connectivity index (χ4n) is 2.89. The van der Waals surface area contributed by atoms with Gasteiger partial charge in [-0.15, -0.1) is 0 Å². The molecule has 1 saturated heterocycles. The molecule has 1 fully saturated rings. The zero-order chi connectivity index (χ0) is 16.9. The van der Waals surface area contributed by atoms with Crippen molar-refractivity contribution in [1.82, 2.24) is 4.90 Å². The van der Waals surface area contributed by atoms with Crippen molar-refractivity contribution in [2.45, 2.75) is 18.9 Å². The lowest BCUT2D eigenvalue weighted by molar-refractivity contribution is -0.138. The molecule has 1 aliphatic rings. The number of nitrogens with zero attached hydrogens (tertiary/aromatic N) is 1. The molecule has 24 heavy (non-hydrogen) atoms. The number of carbonyl (C=O) groups is 2. The van der Waals surface area contributed by atoms with Crippen LogP contribution in [0.3, 0.4) is 0 Å². The van der Waals surface area contributed by atoms with Crippen LogP contribution in [0.15, 0.2) is 54.6 Å². The number of para-hydroxylation sites is 1. The van der Waals surface area contributed by atoms with Gasteiger partial charge in [-0.2, -0.15) is 0 Å². The Balaban J connectivity index is 1.93. The maximum atomic E-state index is 12.9. The predicted molar refractivity (Wildman–Crippen MR) is 90.6 cm³/mol. The summed E-state index contributed by atoms with van der Waals surface area (Å²) >= 11 is 0. The molecule has 2 amide bonds. The monoisotopic (exact) mass is 324 g/mol. The van der Waals surface area contributed by atoms with E-state index < -0.39 is 12.0 Å². The van der Waals surface area contributed by atoms with Crippen LogP contribution in [0.1, 0.15) is 34.9 Å². The van der Waals surface area contributed by atoms with Gasteiger partial charge >= 0.3 is 0 Å². The number of hydrogen-bond donors (Lipinski definition) is 1. The molecule has 0 aromatic heterocycles. The molecule has 1 atom stereocenters. The van der Waals surface area contributed by atoms with E-state index in [1.807, 2.05) is 35.2 Å². The SMILES string of the molecule is NC(=O)c1ccccc1O[C@@H](C(=O)N1CCCC1)c1ccccc1. The van der Waals surface area contributed by atoms with Gasteiger partial charge in [-0.25, -0.2) is 0 Å². The van der Waals surface area contributed by atoms with Gasteiger partial charge in [-0.1, -0.05) is 42.5 Å². The summed E-state index contributed by atoms with van der Waals surface area (Å²) in [5.41, 5.74) is 6.44. The number of amides is 2. The third-order valence-electron chi connectivity index (χ3n) is 4.14. The Bertz CT molecular complexity index is 724. The van der Waals surface area contributed by atoms with Crippen molar-refractivity contribution in [3.05, 3.63) is 65.7 Å². The second kappa shape index (κ2) is 7.17. The quantitative estimate of drug-likeness (QED) is 0.918. The highest BCUT2D eigenvalue weighted by molar-refractivity contribution is 5.95. The number of primary amides is 1. The summed E-state index contributed by atoms with van der Waals surface area (Å²) in [5, 5.41) is 0. The number of nitrogens with two attached hydrogens (primary N) is 1. The van der Waals surface area contributed by atoms with Crippen LogP contribution in [0.5, 0.6) is 5.75 Å². The zero-order valence-electron chi connectivity index (χ0n) is 13.4. The number of likely N-dealkylation sites (tertiary alicyclic amines) is 1. The summed E-state index contributed by atoms with van der Waals surface area (Å²) < 4.78 is 5.98. The van der Waals surface area contributed by atoms with Crippen molar-refractivity contribution in [3.8, 4) is 5.75 Å². The molecule has 5 heteroatoms. The van der Waals surface area contributed by atoms with Gasteiger partial charge < -0.3 is 15.4 Å². The van der Waals surface area contributed by atoms with Crippen molar-refractivity contribution in [2.75, 3.05) is 13.1 Å². The molecule has 2 aromatic rings. The van der Waals surface area contributed by atoms with E-state index in [0.717, 1.165) is 31.5 Å².